The molecule has 0 radical (unpaired) electrons. The Kier molecular flexibility index (Phi) is 1.53. The van der Waals surface area contributed by atoms with Crippen LogP contribution in [0, 0.1) is 0 Å². The van der Waals surface area contributed by atoms with Gasteiger partial charge < -0.3 is 33.1 Å². The van der Waals surface area contributed by atoms with E-state index < -0.39 is 11.5 Å². The van der Waals surface area contributed by atoms with Crippen LogP contribution in [-0.2, 0) is 0 Å². The Hall–Kier alpha value is -1.98. The highest BCUT2D eigenvalue weighted by Crippen LogP contribution is 2.45. The number of anilines is 4. The fraction of sp³-hybridized carbons (Fsp3) is 0. The summed E-state index contributed by atoms with van der Waals surface area (Å²) in [5.74, 6) is -0.800. The smallest absolute Gasteiger partial charge is 0.166 e. The summed E-state index contributed by atoms with van der Waals surface area (Å²) in [6, 6.07) is 0. The van der Waals surface area contributed by atoms with Gasteiger partial charge in [0.25, 0.3) is 0 Å². The molecule has 12 heavy (non-hydrogen) atoms. The third kappa shape index (κ3) is 0.815. The maximum Gasteiger partial charge on any atom is 0.166 e. The zero-order valence-corrected chi connectivity index (χ0v) is 6.20. The minimum Gasteiger partial charge on any atom is -0.504 e. The Balaban J connectivity index is 3.60. The molecule has 0 saturated heterocycles. The van der Waals surface area contributed by atoms with Crippen LogP contribution in [0.15, 0.2) is 0 Å². The quantitative estimate of drug-likeness (QED) is 0.175. The summed E-state index contributed by atoms with van der Waals surface area (Å²) in [7, 11) is 0. The number of aromatic hydroxyl groups is 2. The molecule has 0 fully saturated rings. The molecule has 0 heterocycles. The third-order valence-electron chi connectivity index (χ3n) is 1.60. The number of hydrogen-bond donors (Lipinski definition) is 6. The maximum absolute atomic E-state index is 9.17. The molecule has 0 aromatic heterocycles. The summed E-state index contributed by atoms with van der Waals surface area (Å²) in [4.78, 5) is 0. The number of nitrogen functional groups attached to an aromatic ring is 4. The first-order valence-electron chi connectivity index (χ1n) is 3.10. The monoisotopic (exact) mass is 170 g/mol. The highest BCUT2D eigenvalue weighted by molar-refractivity contribution is 5.93. The molecule has 0 aliphatic carbocycles. The largest absolute Gasteiger partial charge is 0.504 e. The van der Waals surface area contributed by atoms with E-state index in [4.69, 9.17) is 22.9 Å². The zero-order valence-electron chi connectivity index (χ0n) is 6.20. The van der Waals surface area contributed by atoms with E-state index in [-0.39, 0.29) is 22.7 Å². The topological polar surface area (TPSA) is 145 Å². The predicted molar refractivity (Wildman–Crippen MR) is 47.4 cm³/mol. The Labute approximate surface area is 68.4 Å². The number of phenols is 2. The molecular formula is C6H10N4O2. The highest BCUT2D eigenvalue weighted by Gasteiger charge is 2.15. The molecule has 0 aliphatic heterocycles. The van der Waals surface area contributed by atoms with Gasteiger partial charge in [0.1, 0.15) is 22.7 Å². The van der Waals surface area contributed by atoms with Crippen LogP contribution in [0.3, 0.4) is 0 Å². The van der Waals surface area contributed by atoms with E-state index in [2.05, 4.69) is 0 Å². The molecule has 1 aromatic rings. The Morgan fingerprint density at radius 1 is 0.583 bits per heavy atom. The first kappa shape index (κ1) is 8.12. The van der Waals surface area contributed by atoms with Crippen LogP contribution >= 0.6 is 0 Å². The fourth-order valence-corrected chi connectivity index (χ4v) is 0.800. The summed E-state index contributed by atoms with van der Waals surface area (Å²) in [5, 5.41) is 18.3. The van der Waals surface area contributed by atoms with Gasteiger partial charge in [0.05, 0.1) is 0 Å². The molecule has 66 valence electrons. The molecule has 10 N–H and O–H groups in total. The Morgan fingerprint density at radius 2 is 0.750 bits per heavy atom. The van der Waals surface area contributed by atoms with E-state index in [0.29, 0.717) is 0 Å². The van der Waals surface area contributed by atoms with Crippen molar-refractivity contribution in [2.45, 2.75) is 0 Å². The lowest BCUT2D eigenvalue weighted by atomic mass is 10.1. The number of benzene rings is 1. The second kappa shape index (κ2) is 2.26. The number of phenolic OH excluding ortho intramolecular Hbond substituents is 2. The van der Waals surface area contributed by atoms with E-state index in [1.165, 1.54) is 0 Å². The molecule has 0 bridgehead atoms. The van der Waals surface area contributed by atoms with Crippen LogP contribution in [-0.4, -0.2) is 10.2 Å². The van der Waals surface area contributed by atoms with E-state index in [9.17, 15) is 10.2 Å². The maximum atomic E-state index is 9.17. The van der Waals surface area contributed by atoms with Crippen LogP contribution < -0.4 is 22.9 Å². The highest BCUT2D eigenvalue weighted by atomic mass is 16.3. The molecule has 0 spiro atoms. The molecule has 6 nitrogen and oxygen atoms in total. The lowest BCUT2D eigenvalue weighted by Gasteiger charge is -2.10. The van der Waals surface area contributed by atoms with Gasteiger partial charge in [0.15, 0.2) is 11.5 Å². The predicted octanol–water partition coefficient (Wildman–Crippen LogP) is -0.573. The fourth-order valence-electron chi connectivity index (χ4n) is 0.800. The van der Waals surface area contributed by atoms with Crippen LogP contribution in [0.4, 0.5) is 22.7 Å². The number of hydrogen-bond acceptors (Lipinski definition) is 6. The van der Waals surface area contributed by atoms with Gasteiger partial charge in [-0.05, 0) is 0 Å². The summed E-state index contributed by atoms with van der Waals surface area (Å²) in [6.45, 7) is 0. The summed E-state index contributed by atoms with van der Waals surface area (Å²) in [5.41, 5.74) is 20.5. The molecule has 0 atom stereocenters. The molecule has 0 amide bonds. The van der Waals surface area contributed by atoms with Gasteiger partial charge in [-0.1, -0.05) is 0 Å². The first-order chi connectivity index (χ1) is 5.46. The van der Waals surface area contributed by atoms with Gasteiger partial charge in [-0.2, -0.15) is 0 Å². The lowest BCUT2D eigenvalue weighted by molar-refractivity contribution is 0.469. The number of nitrogens with two attached hydrogens (primary N) is 4. The third-order valence-corrected chi connectivity index (χ3v) is 1.60. The molecule has 6 heteroatoms. The average Bonchev–Trinajstić information content (AvgIpc) is 2.08. The van der Waals surface area contributed by atoms with E-state index in [1.807, 2.05) is 0 Å². The van der Waals surface area contributed by atoms with Gasteiger partial charge >= 0.3 is 0 Å². The molecular weight excluding hydrogens is 160 g/mol. The van der Waals surface area contributed by atoms with Crippen LogP contribution in [0.2, 0.25) is 0 Å². The van der Waals surface area contributed by atoms with Gasteiger partial charge in [0.2, 0.25) is 0 Å². The van der Waals surface area contributed by atoms with Crippen molar-refractivity contribution in [3.8, 4) is 11.5 Å². The van der Waals surface area contributed by atoms with Crippen LogP contribution in [0.5, 0.6) is 11.5 Å². The normalized spacial score (nSPS) is 10.0. The first-order valence-corrected chi connectivity index (χ1v) is 3.10. The van der Waals surface area contributed by atoms with E-state index in [1.54, 1.807) is 0 Å². The average molecular weight is 170 g/mol. The zero-order chi connectivity index (χ0) is 9.46. The SMILES string of the molecule is Nc1c(N)c(O)c(N)c(N)c1O. The van der Waals surface area contributed by atoms with Crippen molar-refractivity contribution in [2.24, 2.45) is 0 Å². The van der Waals surface area contributed by atoms with Crippen molar-refractivity contribution in [3.63, 3.8) is 0 Å². The van der Waals surface area contributed by atoms with Gasteiger partial charge in [0, 0.05) is 0 Å². The summed E-state index contributed by atoms with van der Waals surface area (Å²) >= 11 is 0. The van der Waals surface area contributed by atoms with E-state index >= 15 is 0 Å². The van der Waals surface area contributed by atoms with Crippen LogP contribution in [0.1, 0.15) is 0 Å². The van der Waals surface area contributed by atoms with Crippen molar-refractivity contribution < 1.29 is 10.2 Å². The molecule has 1 rings (SSSR count). The molecule has 0 unspecified atom stereocenters. The number of rotatable bonds is 0. The van der Waals surface area contributed by atoms with Crippen molar-refractivity contribution in [2.75, 3.05) is 22.9 Å². The van der Waals surface area contributed by atoms with Crippen molar-refractivity contribution >= 4 is 22.7 Å². The minimum atomic E-state index is -0.400. The van der Waals surface area contributed by atoms with E-state index in [0.717, 1.165) is 0 Å². The van der Waals surface area contributed by atoms with Gasteiger partial charge in [-0.15, -0.1) is 0 Å². The summed E-state index contributed by atoms with van der Waals surface area (Å²) < 4.78 is 0. The standard InChI is InChI=1S/C6H10N4O2/c7-1-2(8)6(12)4(10)3(9)5(1)11/h11-12H,7-10H2. The van der Waals surface area contributed by atoms with Gasteiger partial charge in [-0.25, -0.2) is 0 Å². The van der Waals surface area contributed by atoms with Crippen LogP contribution in [0.25, 0.3) is 0 Å². The molecule has 0 saturated carbocycles. The second-order valence-electron chi connectivity index (χ2n) is 2.35. The summed E-state index contributed by atoms with van der Waals surface area (Å²) in [6.07, 6.45) is 0. The van der Waals surface area contributed by atoms with Crippen molar-refractivity contribution in [1.29, 1.82) is 0 Å². The van der Waals surface area contributed by atoms with Gasteiger partial charge in [-0.3, -0.25) is 0 Å². The second-order valence-corrected chi connectivity index (χ2v) is 2.35. The Morgan fingerprint density at radius 3 is 0.917 bits per heavy atom. The van der Waals surface area contributed by atoms with Crippen molar-refractivity contribution in [3.05, 3.63) is 0 Å². The Bertz CT molecular complexity index is 232. The van der Waals surface area contributed by atoms with Crippen molar-refractivity contribution in [1.82, 2.24) is 0 Å². The lowest BCUT2D eigenvalue weighted by Crippen LogP contribution is -2.02. The minimum absolute atomic E-state index is 0.167. The molecule has 0 aliphatic rings. The molecule has 1 aromatic carbocycles.